The third kappa shape index (κ3) is 10.6. The molecular weight excluding hydrogens is 520 g/mol. The second-order valence-electron chi connectivity index (χ2n) is 9.58. The van der Waals surface area contributed by atoms with Crippen molar-refractivity contribution in [2.45, 2.75) is 84.2 Å². The van der Waals surface area contributed by atoms with Crippen molar-refractivity contribution in [1.82, 2.24) is 0 Å². The Hall–Kier alpha value is -4.08. The molecule has 0 aliphatic heterocycles. The zero-order valence-electron chi connectivity index (χ0n) is 23.0. The summed E-state index contributed by atoms with van der Waals surface area (Å²) < 4.78 is 21.2. The number of carboxylic acid groups (broad SMARTS) is 2. The van der Waals surface area contributed by atoms with Crippen molar-refractivity contribution in [1.29, 1.82) is 0 Å². The van der Waals surface area contributed by atoms with Crippen molar-refractivity contribution in [3.8, 4) is 0 Å². The van der Waals surface area contributed by atoms with Crippen LogP contribution in [0.15, 0.2) is 60.7 Å². The fraction of sp³-hybridized carbons (Fsp3) is 0.467. The van der Waals surface area contributed by atoms with Gasteiger partial charge in [0.05, 0.1) is 0 Å². The summed E-state index contributed by atoms with van der Waals surface area (Å²) in [5.74, 6) is -2.16. The zero-order valence-corrected chi connectivity index (χ0v) is 23.0. The molecule has 10 heteroatoms. The summed E-state index contributed by atoms with van der Waals surface area (Å²) in [6.07, 6.45) is -1.50. The van der Waals surface area contributed by atoms with Crippen LogP contribution in [-0.2, 0) is 41.8 Å². The van der Waals surface area contributed by atoms with E-state index in [1.807, 2.05) is 12.1 Å². The average molecular weight is 559 g/mol. The number of hydrogen-bond donors (Lipinski definition) is 2. The molecule has 10 nitrogen and oxygen atoms in total. The summed E-state index contributed by atoms with van der Waals surface area (Å²) in [6, 6.07) is 17.9. The maximum absolute atomic E-state index is 12.7. The number of rotatable bonds is 17. The predicted octanol–water partition coefficient (Wildman–Crippen LogP) is 6.36. The number of carbonyl (C=O) groups is 4. The lowest BCUT2D eigenvalue weighted by Gasteiger charge is -2.38. The van der Waals surface area contributed by atoms with Crippen LogP contribution in [-0.4, -0.2) is 46.7 Å². The van der Waals surface area contributed by atoms with Crippen LogP contribution in [0.2, 0.25) is 0 Å². The van der Waals surface area contributed by atoms with Crippen LogP contribution in [0.3, 0.4) is 0 Å². The number of aliphatic carboxylic acids is 2. The lowest BCUT2D eigenvalue weighted by Crippen LogP contribution is -2.52. The molecular formula is C30H38O10. The lowest BCUT2D eigenvalue weighted by atomic mass is 9.73. The molecule has 0 radical (unpaired) electrons. The minimum atomic E-state index is -1.79. The lowest BCUT2D eigenvalue weighted by molar-refractivity contribution is -0.171. The Morgan fingerprint density at radius 2 is 1.10 bits per heavy atom. The number of unbranched alkanes of at least 4 members (excludes halogenated alkanes) is 4. The van der Waals surface area contributed by atoms with Crippen molar-refractivity contribution >= 4 is 24.2 Å². The molecule has 2 aromatic carbocycles. The van der Waals surface area contributed by atoms with Crippen LogP contribution in [0.1, 0.15) is 69.9 Å². The second-order valence-corrected chi connectivity index (χ2v) is 9.58. The Morgan fingerprint density at radius 3 is 1.52 bits per heavy atom. The summed E-state index contributed by atoms with van der Waals surface area (Å²) in [7, 11) is 0. The Balaban J connectivity index is 2.08. The molecule has 0 saturated carbocycles. The highest BCUT2D eigenvalue weighted by atomic mass is 16.7. The standard InChI is InChI=1S/C30H38O10/c1-22(39-28(35)37-20-24-14-8-6-9-15-24)30(27(33)34,19-13-5-3-4-12-18-26(31)32)23(2)40-29(36)38-21-25-16-10-7-11-17-25/h6-11,14-17,22-23H,3-5,12-13,18-21H2,1-2H3,(H,31,32)(H,33,34). The molecule has 0 saturated heterocycles. The highest BCUT2D eigenvalue weighted by molar-refractivity contribution is 5.77. The first kappa shape index (κ1) is 32.1. The summed E-state index contributed by atoms with van der Waals surface area (Å²) in [6.45, 7) is 2.75. The Bertz CT molecular complexity index is 1010. The van der Waals surface area contributed by atoms with Gasteiger partial charge in [-0.25, -0.2) is 9.59 Å². The molecule has 0 heterocycles. The highest BCUT2D eigenvalue weighted by Gasteiger charge is 2.52. The van der Waals surface area contributed by atoms with Crippen molar-refractivity contribution in [2.75, 3.05) is 0 Å². The van der Waals surface area contributed by atoms with Crippen LogP contribution in [0, 0.1) is 5.41 Å². The van der Waals surface area contributed by atoms with Crippen molar-refractivity contribution in [3.05, 3.63) is 71.8 Å². The average Bonchev–Trinajstić information content (AvgIpc) is 2.93. The van der Waals surface area contributed by atoms with Gasteiger partial charge in [0.25, 0.3) is 0 Å². The smallest absolute Gasteiger partial charge is 0.481 e. The van der Waals surface area contributed by atoms with Crippen LogP contribution in [0.25, 0.3) is 0 Å². The van der Waals surface area contributed by atoms with E-state index in [4.69, 9.17) is 24.1 Å². The van der Waals surface area contributed by atoms with E-state index in [9.17, 15) is 24.3 Å². The van der Waals surface area contributed by atoms with E-state index in [1.165, 1.54) is 13.8 Å². The number of hydrogen-bond acceptors (Lipinski definition) is 8. The van der Waals surface area contributed by atoms with Crippen LogP contribution in [0.4, 0.5) is 9.59 Å². The van der Waals surface area contributed by atoms with Crippen LogP contribution in [0.5, 0.6) is 0 Å². The van der Waals surface area contributed by atoms with E-state index in [-0.39, 0.29) is 26.1 Å². The van der Waals surface area contributed by atoms with Crippen LogP contribution >= 0.6 is 0 Å². The third-order valence-electron chi connectivity index (χ3n) is 6.78. The van der Waals surface area contributed by atoms with E-state index in [0.717, 1.165) is 11.1 Å². The topological polar surface area (TPSA) is 146 Å². The molecule has 40 heavy (non-hydrogen) atoms. The molecule has 2 unspecified atom stereocenters. The van der Waals surface area contributed by atoms with Gasteiger partial charge in [-0.15, -0.1) is 0 Å². The fourth-order valence-corrected chi connectivity index (χ4v) is 4.42. The van der Waals surface area contributed by atoms with Crippen molar-refractivity contribution < 1.29 is 48.3 Å². The molecule has 0 amide bonds. The monoisotopic (exact) mass is 558 g/mol. The molecule has 2 rings (SSSR count). The van der Waals surface area contributed by atoms with E-state index >= 15 is 0 Å². The Kier molecular flexibility index (Phi) is 13.5. The van der Waals surface area contributed by atoms with Gasteiger partial charge in [-0.05, 0) is 37.8 Å². The molecule has 0 bridgehead atoms. The largest absolute Gasteiger partial charge is 0.508 e. The quantitative estimate of drug-likeness (QED) is 0.166. The van der Waals surface area contributed by atoms with Gasteiger partial charge in [0.1, 0.15) is 30.8 Å². The maximum atomic E-state index is 12.7. The highest BCUT2D eigenvalue weighted by Crippen LogP contribution is 2.38. The molecule has 2 aromatic rings. The van der Waals surface area contributed by atoms with Gasteiger partial charge in [0, 0.05) is 6.42 Å². The summed E-state index contributed by atoms with van der Waals surface area (Å²) in [5.41, 5.74) is -0.326. The first-order chi connectivity index (χ1) is 19.1. The molecule has 0 aromatic heterocycles. The Labute approximate surface area is 234 Å². The number of carboxylic acids is 2. The van der Waals surface area contributed by atoms with Gasteiger partial charge < -0.3 is 29.2 Å². The van der Waals surface area contributed by atoms with Crippen molar-refractivity contribution in [3.63, 3.8) is 0 Å². The number of benzene rings is 2. The SMILES string of the molecule is CC(OC(=O)OCc1ccccc1)C(CCCCCCCC(=O)O)(C(=O)O)C(C)OC(=O)OCc1ccccc1. The van der Waals surface area contributed by atoms with Gasteiger partial charge in [-0.1, -0.05) is 86.3 Å². The van der Waals surface area contributed by atoms with Gasteiger partial charge in [0.2, 0.25) is 0 Å². The van der Waals surface area contributed by atoms with E-state index < -0.39 is 41.9 Å². The fourth-order valence-electron chi connectivity index (χ4n) is 4.42. The van der Waals surface area contributed by atoms with Crippen LogP contribution < -0.4 is 0 Å². The minimum absolute atomic E-state index is 0.0293. The van der Waals surface area contributed by atoms with Gasteiger partial charge in [-0.2, -0.15) is 0 Å². The molecule has 0 fully saturated rings. The predicted molar refractivity (Wildman–Crippen MR) is 144 cm³/mol. The van der Waals surface area contributed by atoms with Gasteiger partial charge in [0.15, 0.2) is 0 Å². The normalized spacial score (nSPS) is 13.8. The number of carbonyl (C=O) groups excluding carboxylic acids is 2. The van der Waals surface area contributed by atoms with E-state index in [2.05, 4.69) is 0 Å². The molecule has 2 N–H and O–H groups in total. The molecule has 218 valence electrons. The van der Waals surface area contributed by atoms with Gasteiger partial charge in [-0.3, -0.25) is 9.59 Å². The first-order valence-corrected chi connectivity index (χ1v) is 13.3. The molecule has 0 aliphatic carbocycles. The molecule has 2 atom stereocenters. The van der Waals surface area contributed by atoms with E-state index in [0.29, 0.717) is 32.1 Å². The summed E-state index contributed by atoms with van der Waals surface area (Å²) in [5, 5.41) is 19.2. The minimum Gasteiger partial charge on any atom is -0.481 e. The first-order valence-electron chi connectivity index (χ1n) is 13.3. The van der Waals surface area contributed by atoms with Gasteiger partial charge >= 0.3 is 24.2 Å². The third-order valence-corrected chi connectivity index (χ3v) is 6.78. The summed E-state index contributed by atoms with van der Waals surface area (Å²) >= 11 is 0. The van der Waals surface area contributed by atoms with E-state index in [1.54, 1.807) is 48.5 Å². The Morgan fingerprint density at radius 1 is 0.675 bits per heavy atom. The zero-order chi connectivity index (χ0) is 29.4. The maximum Gasteiger partial charge on any atom is 0.508 e. The van der Waals surface area contributed by atoms with Crippen molar-refractivity contribution in [2.24, 2.45) is 5.41 Å². The number of ether oxygens (including phenoxy) is 4. The summed E-state index contributed by atoms with van der Waals surface area (Å²) in [4.78, 5) is 48.4. The second kappa shape index (κ2) is 16.8. The molecule has 0 spiro atoms. The molecule has 0 aliphatic rings.